The normalized spacial score (nSPS) is 19.7. The lowest BCUT2D eigenvalue weighted by atomic mass is 9.85. The second kappa shape index (κ2) is 21.6. The van der Waals surface area contributed by atoms with Crippen molar-refractivity contribution in [3.05, 3.63) is 105 Å². The maximum absolute atomic E-state index is 14.8. The molecule has 4 atom stereocenters. The van der Waals surface area contributed by atoms with Crippen LogP contribution in [-0.2, 0) is 43.7 Å². The fourth-order valence-corrected chi connectivity index (χ4v) is 10.7. The number of piperidine rings is 1. The number of nitrogens with one attached hydrogen (secondary N) is 3. The number of rotatable bonds is 12. The number of amides is 9. The number of halogens is 2. The second-order valence-electron chi connectivity index (χ2n) is 19.4. The van der Waals surface area contributed by atoms with Crippen LogP contribution < -0.4 is 16.0 Å². The molecule has 394 valence electrons. The molecule has 0 bridgehead atoms. The van der Waals surface area contributed by atoms with Crippen LogP contribution in [0.4, 0.5) is 8.78 Å². The van der Waals surface area contributed by atoms with Gasteiger partial charge in [0.2, 0.25) is 35.4 Å². The maximum Gasteiger partial charge on any atom is 0.399 e. The highest BCUT2D eigenvalue weighted by atomic mass is 32.1. The minimum atomic E-state index is -5.88. The van der Waals surface area contributed by atoms with Crippen molar-refractivity contribution in [1.82, 2.24) is 35.6 Å². The van der Waals surface area contributed by atoms with Crippen LogP contribution >= 0.6 is 18.9 Å². The first kappa shape index (κ1) is 54.1. The topological polar surface area (TPSA) is 269 Å². The number of piperazine rings is 1. The van der Waals surface area contributed by atoms with Crippen molar-refractivity contribution < 1.29 is 71.0 Å². The molecule has 0 aliphatic carbocycles. The van der Waals surface area contributed by atoms with Crippen LogP contribution in [-0.4, -0.2) is 147 Å². The number of morpholine rings is 1. The molecule has 1 aromatic heterocycles. The Morgan fingerprint density at radius 1 is 0.907 bits per heavy atom. The molecule has 24 heteroatoms. The third-order valence-electron chi connectivity index (χ3n) is 13.2. The van der Waals surface area contributed by atoms with Gasteiger partial charge >= 0.3 is 13.3 Å². The van der Waals surface area contributed by atoms with Gasteiger partial charge in [-0.15, -0.1) is 11.3 Å². The summed E-state index contributed by atoms with van der Waals surface area (Å²) in [4.78, 5) is 144. The number of hydrogen-bond donors (Lipinski definition) is 5. The molecule has 75 heavy (non-hydrogen) atoms. The maximum atomic E-state index is 14.8. The molecule has 20 nitrogen and oxygen atoms in total. The van der Waals surface area contributed by atoms with Gasteiger partial charge in [-0.3, -0.25) is 57.9 Å². The summed E-state index contributed by atoms with van der Waals surface area (Å²) in [7, 11) is -5.88. The minimum Gasteiger partial charge on any atom is -0.370 e. The number of alkyl halides is 2. The van der Waals surface area contributed by atoms with E-state index in [0.29, 0.717) is 10.3 Å². The molecule has 5 N–H and O–H groups in total. The van der Waals surface area contributed by atoms with Crippen LogP contribution in [0.3, 0.4) is 0 Å². The molecule has 4 aliphatic rings. The van der Waals surface area contributed by atoms with E-state index in [2.05, 4.69) is 27.8 Å². The van der Waals surface area contributed by atoms with Crippen LogP contribution in [0.25, 0.3) is 10.1 Å². The predicted molar refractivity (Wildman–Crippen MR) is 265 cm³/mol. The van der Waals surface area contributed by atoms with Gasteiger partial charge in [-0.25, -0.2) is 0 Å². The monoisotopic (exact) mass is 1070 g/mol. The fraction of sp³-hybridized carbons (Fsp3) is 0.392. The van der Waals surface area contributed by atoms with Gasteiger partial charge in [-0.2, -0.15) is 8.78 Å². The first-order valence-electron chi connectivity index (χ1n) is 23.9. The molecule has 2 unspecified atom stereocenters. The van der Waals surface area contributed by atoms with Crippen molar-refractivity contribution in [1.29, 1.82) is 0 Å². The Hall–Kier alpha value is -7.22. The Labute approximate surface area is 432 Å². The van der Waals surface area contributed by atoms with Crippen LogP contribution in [0, 0.1) is 17.3 Å². The summed E-state index contributed by atoms with van der Waals surface area (Å²) >= 11 is 0.907. The van der Waals surface area contributed by atoms with Crippen LogP contribution in [0.15, 0.2) is 72.8 Å². The van der Waals surface area contributed by atoms with E-state index in [1.54, 1.807) is 25.7 Å². The van der Waals surface area contributed by atoms with Crippen molar-refractivity contribution in [2.24, 2.45) is 5.41 Å². The third kappa shape index (κ3) is 11.5. The Kier molecular flexibility index (Phi) is 15.5. The van der Waals surface area contributed by atoms with E-state index in [1.807, 2.05) is 30.3 Å². The largest absolute Gasteiger partial charge is 0.399 e. The van der Waals surface area contributed by atoms with Gasteiger partial charge in [-0.05, 0) is 59.2 Å². The first-order valence-corrected chi connectivity index (χ1v) is 26.3. The Bertz CT molecular complexity index is 3130. The number of ether oxygens (including phenoxy) is 1. The minimum absolute atomic E-state index is 0.00873. The highest BCUT2D eigenvalue weighted by Crippen LogP contribution is 2.59. The molecule has 5 heterocycles. The van der Waals surface area contributed by atoms with Crippen LogP contribution in [0.5, 0.6) is 0 Å². The summed E-state index contributed by atoms with van der Waals surface area (Å²) < 4.78 is 47.1. The zero-order valence-corrected chi connectivity index (χ0v) is 42.5. The van der Waals surface area contributed by atoms with E-state index in [-0.39, 0.29) is 86.5 Å². The Morgan fingerprint density at radius 2 is 1.64 bits per heavy atom. The third-order valence-corrected chi connectivity index (χ3v) is 15.4. The van der Waals surface area contributed by atoms with E-state index in [9.17, 15) is 66.3 Å². The smallest absolute Gasteiger partial charge is 0.370 e. The van der Waals surface area contributed by atoms with Gasteiger partial charge < -0.3 is 39.9 Å². The standard InChI is InChI=1S/C51H52F2N7O13PS/c1-50(2,3)43(56-45(65)39-25-31-24-32(13-16-38(31)75-39)51(52,53)74(70,71)72)49(69)59-20-19-57(27-36(59)48(68)58-21-22-73-37(28-58)30-10-5-4-6-11-30)42(63)26-41(62)54-18-8-7-9-29-12-14-33-34(23-29)47(67)60(46(33)66)35-15-17-40(61)55-44(35)64/h4-6,10-14,16,23-25,35-37,43H,8,15,17-22,26-28H2,1-3H3,(H,54,62)(H,56,65)(H,55,61,64)(H2,70,71,72)/t35?,36-,37-,43?/m0/s1. The summed E-state index contributed by atoms with van der Waals surface area (Å²) in [6, 6.07) is 14.2. The lowest BCUT2D eigenvalue weighted by molar-refractivity contribution is -0.158. The summed E-state index contributed by atoms with van der Waals surface area (Å²) in [5.41, 5.74) is -5.04. The van der Waals surface area contributed by atoms with Crippen molar-refractivity contribution in [2.75, 3.05) is 45.9 Å². The number of benzene rings is 3. The highest BCUT2D eigenvalue weighted by Gasteiger charge is 2.51. The first-order chi connectivity index (χ1) is 35.4. The van der Waals surface area contributed by atoms with Crippen molar-refractivity contribution >= 4 is 82.2 Å². The average molecular weight is 1070 g/mol. The lowest BCUT2D eigenvalue weighted by Crippen LogP contribution is -2.66. The summed E-state index contributed by atoms with van der Waals surface area (Å²) in [6.07, 6.45) is -0.978. The number of hydrogen-bond acceptors (Lipinski definition) is 12. The number of carbonyl (C=O) groups is 9. The molecular weight excluding hydrogens is 1020 g/mol. The number of nitrogens with zero attached hydrogens (tertiary/aromatic N) is 4. The molecule has 4 aromatic rings. The molecule has 3 saturated heterocycles. The quantitative estimate of drug-likeness (QED) is 0.0449. The predicted octanol–water partition coefficient (Wildman–Crippen LogP) is 3.26. The van der Waals surface area contributed by atoms with E-state index in [1.165, 1.54) is 40.1 Å². The number of thiophene rings is 1. The highest BCUT2D eigenvalue weighted by molar-refractivity contribution is 7.52. The molecule has 0 spiro atoms. The van der Waals surface area contributed by atoms with Gasteiger partial charge in [0.15, 0.2) is 0 Å². The number of imide groups is 2. The van der Waals surface area contributed by atoms with Gasteiger partial charge in [-0.1, -0.05) is 69.0 Å². The molecule has 3 fully saturated rings. The number of fused-ring (bicyclic) bond motifs is 2. The van der Waals surface area contributed by atoms with Crippen LogP contribution in [0.2, 0.25) is 0 Å². The summed E-state index contributed by atoms with van der Waals surface area (Å²) in [6.45, 7) is 5.06. The van der Waals surface area contributed by atoms with Gasteiger partial charge in [0.25, 0.3) is 17.7 Å². The van der Waals surface area contributed by atoms with Gasteiger partial charge in [0, 0.05) is 54.8 Å². The van der Waals surface area contributed by atoms with E-state index in [4.69, 9.17) is 4.74 Å². The molecule has 4 aliphatic heterocycles. The molecule has 9 amide bonds. The zero-order chi connectivity index (χ0) is 54.1. The van der Waals surface area contributed by atoms with Crippen molar-refractivity contribution in [3.63, 3.8) is 0 Å². The molecule has 3 aromatic carbocycles. The van der Waals surface area contributed by atoms with E-state index >= 15 is 0 Å². The second-order valence-corrected chi connectivity index (χ2v) is 22.2. The molecule has 8 rings (SSSR count). The van der Waals surface area contributed by atoms with Crippen molar-refractivity contribution in [3.8, 4) is 11.8 Å². The zero-order valence-electron chi connectivity index (χ0n) is 40.8. The van der Waals surface area contributed by atoms with E-state index in [0.717, 1.165) is 33.9 Å². The van der Waals surface area contributed by atoms with Gasteiger partial charge in [0.1, 0.15) is 30.7 Å². The lowest BCUT2D eigenvalue weighted by Gasteiger charge is -2.45. The molecular formula is C51H52F2N7O13PS. The average Bonchev–Trinajstić information content (AvgIpc) is 3.91. The van der Waals surface area contributed by atoms with Gasteiger partial charge in [0.05, 0.1) is 35.7 Å². The van der Waals surface area contributed by atoms with Crippen LogP contribution in [0.1, 0.15) is 99.6 Å². The molecule has 0 radical (unpaired) electrons. The van der Waals surface area contributed by atoms with E-state index < -0.39 is 108 Å². The number of carbonyl (C=O) groups excluding carboxylic acids is 9. The summed E-state index contributed by atoms with van der Waals surface area (Å²) in [5, 5.41) is 7.67. The Balaban J connectivity index is 0.928. The SMILES string of the molecule is CC(C)(C)C(NC(=O)c1cc2cc(C(F)(F)P(=O)(O)O)ccc2s1)C(=O)N1CCN(C(=O)CC(=O)NCCC#Cc2ccc3c(c2)C(=O)N(C2CCC(=O)NC2=O)C3=O)C[C@H]1C(=O)N1CCO[C@H](c2ccccc2)C1. The summed E-state index contributed by atoms with van der Waals surface area (Å²) in [5.74, 6) is 0.0506. The molecule has 0 saturated carbocycles. The Morgan fingerprint density at radius 3 is 2.35 bits per heavy atom. The fourth-order valence-electron chi connectivity index (χ4n) is 9.23. The van der Waals surface area contributed by atoms with Crippen molar-refractivity contribution in [2.45, 2.75) is 76.3 Å².